The molecule has 6 rings (SSSR count). The van der Waals surface area contributed by atoms with Crippen molar-refractivity contribution < 1.29 is 17.9 Å². The molecule has 0 spiro atoms. The first kappa shape index (κ1) is 30.1. The summed E-state index contributed by atoms with van der Waals surface area (Å²) < 4.78 is 35.5. The number of amides is 1. The number of benzene rings is 3. The predicted molar refractivity (Wildman–Crippen MR) is 171 cm³/mol. The molecule has 11 nitrogen and oxygen atoms in total. The Labute approximate surface area is 261 Å². The van der Waals surface area contributed by atoms with Gasteiger partial charge in [-0.3, -0.25) is 19.3 Å². The third-order valence-corrected chi connectivity index (χ3v) is 9.81. The summed E-state index contributed by atoms with van der Waals surface area (Å²) in [4.78, 5) is 26.3. The number of hydrogen-bond donors (Lipinski definition) is 3. The number of para-hydroxylation sites is 2. The van der Waals surface area contributed by atoms with Gasteiger partial charge in [0.25, 0.3) is 10.0 Å². The number of primary amides is 1. The monoisotopic (exact) mass is 635 g/mol. The molecule has 230 valence electrons. The number of piperidine rings is 1. The number of fused-ring (bicyclic) bond motifs is 1. The van der Waals surface area contributed by atoms with Crippen LogP contribution < -0.4 is 20.5 Å². The van der Waals surface area contributed by atoms with Crippen molar-refractivity contribution >= 4 is 55.9 Å². The van der Waals surface area contributed by atoms with Crippen molar-refractivity contribution in [3.63, 3.8) is 0 Å². The van der Waals surface area contributed by atoms with Gasteiger partial charge in [-0.25, -0.2) is 18.4 Å². The highest BCUT2D eigenvalue weighted by Crippen LogP contribution is 2.34. The number of aromatic nitrogens is 2. The van der Waals surface area contributed by atoms with Crippen LogP contribution in [0, 0.1) is 0 Å². The van der Waals surface area contributed by atoms with Gasteiger partial charge in [0.05, 0.1) is 33.7 Å². The van der Waals surface area contributed by atoms with Crippen LogP contribution in [-0.2, 0) is 14.8 Å². The highest BCUT2D eigenvalue weighted by Gasteiger charge is 2.39. The maximum atomic E-state index is 13.8. The number of rotatable bonds is 10. The largest absolute Gasteiger partial charge is 0.497 e. The summed E-state index contributed by atoms with van der Waals surface area (Å²) in [6.45, 7) is 3.55. The molecule has 0 aliphatic carbocycles. The summed E-state index contributed by atoms with van der Waals surface area (Å²) in [5.74, 6) is 0.161. The summed E-state index contributed by atoms with van der Waals surface area (Å²) in [5.41, 5.74) is 7.89. The van der Waals surface area contributed by atoms with Crippen molar-refractivity contribution in [1.82, 2.24) is 19.8 Å². The van der Waals surface area contributed by atoms with Crippen LogP contribution in [0.15, 0.2) is 71.6 Å². The number of carbonyl (C=O) groups excluding carboxylic acids is 1. The Hall–Kier alpha value is -3.97. The minimum absolute atomic E-state index is 0.0217. The molecule has 3 heterocycles. The lowest BCUT2D eigenvalue weighted by Gasteiger charge is -2.49. The summed E-state index contributed by atoms with van der Waals surface area (Å²) >= 11 is 6.42. The molecular weight excluding hydrogens is 602 g/mol. The maximum absolute atomic E-state index is 13.8. The average Bonchev–Trinajstić information content (AvgIpc) is 3.00. The molecule has 2 aliphatic rings. The first-order valence-electron chi connectivity index (χ1n) is 14.5. The van der Waals surface area contributed by atoms with Gasteiger partial charge in [0.1, 0.15) is 11.8 Å². The molecule has 0 saturated carbocycles. The van der Waals surface area contributed by atoms with E-state index in [4.69, 9.17) is 22.1 Å². The van der Waals surface area contributed by atoms with Gasteiger partial charge in [-0.1, -0.05) is 42.3 Å². The number of hydrogen-bond acceptors (Lipinski definition) is 9. The van der Waals surface area contributed by atoms with Gasteiger partial charge in [0.2, 0.25) is 5.91 Å². The smallest absolute Gasteiger partial charge is 0.263 e. The summed E-state index contributed by atoms with van der Waals surface area (Å²) in [5, 5.41) is 3.49. The Morgan fingerprint density at radius 3 is 2.36 bits per heavy atom. The first-order valence-corrected chi connectivity index (χ1v) is 16.4. The molecule has 13 heteroatoms. The number of likely N-dealkylation sites (tertiary alicyclic amines) is 2. The molecule has 44 heavy (non-hydrogen) atoms. The van der Waals surface area contributed by atoms with E-state index in [2.05, 4.69) is 24.9 Å². The summed E-state index contributed by atoms with van der Waals surface area (Å²) in [7, 11) is -2.64. The number of sulfonamides is 1. The van der Waals surface area contributed by atoms with Gasteiger partial charge < -0.3 is 15.8 Å². The molecule has 1 amide bonds. The van der Waals surface area contributed by atoms with Crippen molar-refractivity contribution in [2.24, 2.45) is 5.73 Å². The maximum Gasteiger partial charge on any atom is 0.263 e. The summed E-state index contributed by atoms with van der Waals surface area (Å²) in [6, 6.07) is 18.1. The van der Waals surface area contributed by atoms with E-state index in [0.29, 0.717) is 52.2 Å². The Morgan fingerprint density at radius 2 is 1.68 bits per heavy atom. The second kappa shape index (κ2) is 12.6. The van der Waals surface area contributed by atoms with Crippen LogP contribution in [0.3, 0.4) is 0 Å². The quantitative estimate of drug-likeness (QED) is 0.229. The number of anilines is 3. The standard InChI is InChI=1S/C31H34ClN7O4S/c1-43-22-12-13-24(32)27(17-22)36-30-31(35-26-11-4-3-10-25(26)34-30)37-44(41,42)23-9-7-8-20(16-23)28(29(33)40)39-18-21(19-39)38-14-5-2-6-15-38/h3-4,7-13,16-17,21,28H,2,5-6,14-15,18-19H2,1H3,(H2,33,40)(H,34,36)(H,35,37). The molecule has 1 aromatic heterocycles. The number of methoxy groups -OCH3 is 1. The van der Waals surface area contributed by atoms with Crippen LogP contribution >= 0.6 is 11.6 Å². The van der Waals surface area contributed by atoms with Crippen LogP contribution in [0.2, 0.25) is 5.02 Å². The van der Waals surface area contributed by atoms with E-state index >= 15 is 0 Å². The normalized spacial score (nSPS) is 17.1. The minimum Gasteiger partial charge on any atom is -0.497 e. The zero-order valence-electron chi connectivity index (χ0n) is 24.2. The lowest BCUT2D eigenvalue weighted by molar-refractivity contribution is -0.127. The van der Waals surface area contributed by atoms with Crippen LogP contribution in [-0.4, -0.2) is 73.4 Å². The molecule has 4 N–H and O–H groups in total. The molecular formula is C31H34ClN7O4S. The van der Waals surface area contributed by atoms with Crippen molar-refractivity contribution in [3.8, 4) is 5.75 Å². The number of ether oxygens (including phenoxy) is 1. The molecule has 2 saturated heterocycles. The zero-order valence-corrected chi connectivity index (χ0v) is 25.8. The van der Waals surface area contributed by atoms with Crippen LogP contribution in [0.25, 0.3) is 11.0 Å². The Morgan fingerprint density at radius 1 is 0.977 bits per heavy atom. The highest BCUT2D eigenvalue weighted by atomic mass is 35.5. The van der Waals surface area contributed by atoms with Crippen molar-refractivity contribution in [2.75, 3.05) is 43.3 Å². The van der Waals surface area contributed by atoms with Gasteiger partial charge in [-0.05, 0) is 67.9 Å². The first-order chi connectivity index (χ1) is 21.2. The van der Waals surface area contributed by atoms with Crippen LogP contribution in [0.4, 0.5) is 17.3 Å². The topological polar surface area (TPSA) is 143 Å². The Bertz CT molecular complexity index is 1790. The second-order valence-corrected chi connectivity index (χ2v) is 13.2. The number of carbonyl (C=O) groups is 1. The number of nitrogens with zero attached hydrogens (tertiary/aromatic N) is 4. The molecule has 3 aromatic carbocycles. The fourth-order valence-corrected chi connectivity index (χ4v) is 7.05. The van der Waals surface area contributed by atoms with E-state index < -0.39 is 22.0 Å². The van der Waals surface area contributed by atoms with Crippen molar-refractivity contribution in [3.05, 3.63) is 77.3 Å². The van der Waals surface area contributed by atoms with E-state index in [-0.39, 0.29) is 16.5 Å². The SMILES string of the molecule is COc1ccc(Cl)c(Nc2nc3ccccc3nc2NS(=O)(=O)c2cccc(C(C(N)=O)N3CC(N4CCCCC4)C3)c2)c1. The minimum atomic E-state index is -4.17. The van der Waals surface area contributed by atoms with Gasteiger partial charge >= 0.3 is 0 Å². The Balaban J connectivity index is 1.28. The highest BCUT2D eigenvalue weighted by molar-refractivity contribution is 7.92. The lowest BCUT2D eigenvalue weighted by Crippen LogP contribution is -2.62. The van der Waals surface area contributed by atoms with Gasteiger partial charge in [0.15, 0.2) is 11.6 Å². The molecule has 2 fully saturated rings. The fourth-order valence-electron chi connectivity index (χ4n) is 5.82. The molecule has 1 unspecified atom stereocenters. The van der Waals surface area contributed by atoms with Crippen molar-refractivity contribution in [2.45, 2.75) is 36.2 Å². The van der Waals surface area contributed by atoms with E-state index in [1.807, 2.05) is 11.0 Å². The molecule has 0 radical (unpaired) electrons. The van der Waals surface area contributed by atoms with Crippen LogP contribution in [0.1, 0.15) is 30.9 Å². The van der Waals surface area contributed by atoms with Gasteiger partial charge in [-0.15, -0.1) is 0 Å². The van der Waals surface area contributed by atoms with Crippen LogP contribution in [0.5, 0.6) is 5.75 Å². The second-order valence-electron chi connectivity index (χ2n) is 11.1. The van der Waals surface area contributed by atoms with Crippen molar-refractivity contribution in [1.29, 1.82) is 0 Å². The third kappa shape index (κ3) is 6.29. The number of halogens is 1. The number of nitrogens with two attached hydrogens (primary N) is 1. The van der Waals surface area contributed by atoms with E-state index in [1.165, 1.54) is 38.5 Å². The summed E-state index contributed by atoms with van der Waals surface area (Å²) in [6.07, 6.45) is 3.63. The van der Waals surface area contributed by atoms with E-state index in [9.17, 15) is 13.2 Å². The fraction of sp³-hybridized carbons (Fsp3) is 0.323. The molecule has 2 aliphatic heterocycles. The van der Waals surface area contributed by atoms with E-state index in [0.717, 1.165) is 13.1 Å². The lowest BCUT2D eigenvalue weighted by atomic mass is 9.96. The van der Waals surface area contributed by atoms with Gasteiger partial charge in [0, 0.05) is 25.2 Å². The molecule has 4 aromatic rings. The zero-order chi connectivity index (χ0) is 30.8. The molecule has 0 bridgehead atoms. The molecule has 1 atom stereocenters. The third-order valence-electron chi connectivity index (χ3n) is 8.14. The van der Waals surface area contributed by atoms with E-state index in [1.54, 1.807) is 48.5 Å². The number of nitrogens with one attached hydrogen (secondary N) is 2. The predicted octanol–water partition coefficient (Wildman–Crippen LogP) is 4.53. The van der Waals surface area contributed by atoms with Gasteiger partial charge in [-0.2, -0.15) is 0 Å². The average molecular weight is 636 g/mol. The Kier molecular flexibility index (Phi) is 8.59.